The molecule has 0 spiro atoms. The van der Waals surface area contributed by atoms with Crippen LogP contribution in [0, 0.1) is 0 Å². The van der Waals surface area contributed by atoms with E-state index in [2.05, 4.69) is 42.7 Å². The Labute approximate surface area is 349 Å². The number of carboxylic acids is 1. The van der Waals surface area contributed by atoms with Crippen LogP contribution < -0.4 is 5.09 Å². The van der Waals surface area contributed by atoms with Crippen molar-refractivity contribution >= 4 is 33.5 Å². The quantitative estimate of drug-likeness (QED) is 0.0167. The summed E-state index contributed by atoms with van der Waals surface area (Å²) in [4.78, 5) is 64.6. The topological polar surface area (TPSA) is 215 Å². The normalized spacial score (nSPS) is 14.2. The first-order valence-corrected chi connectivity index (χ1v) is 25.2. The summed E-state index contributed by atoms with van der Waals surface area (Å²) in [5.41, 5.74) is 0. The van der Waals surface area contributed by atoms with E-state index in [1.54, 1.807) is 5.09 Å². The van der Waals surface area contributed by atoms with E-state index in [1.807, 2.05) is 0 Å². The first kappa shape index (κ1) is 56.1. The molecular weight excluding hydrogens is 788 g/mol. The van der Waals surface area contributed by atoms with Gasteiger partial charge in [-0.15, -0.1) is 0 Å². The largest absolute Gasteiger partial charge is 0.480 e. The summed E-state index contributed by atoms with van der Waals surface area (Å²) in [6, 6.07) is -2.02. The van der Waals surface area contributed by atoms with Gasteiger partial charge in [-0.25, -0.2) is 14.2 Å². The fourth-order valence-corrected chi connectivity index (χ4v) is 7.42. The van der Waals surface area contributed by atoms with E-state index in [0.717, 1.165) is 77.0 Å². The Morgan fingerprint density at radius 3 is 1.34 bits per heavy atom. The highest BCUT2D eigenvalue weighted by molar-refractivity contribution is 7.50. The molecule has 0 saturated carbocycles. The van der Waals surface area contributed by atoms with Gasteiger partial charge in [-0.1, -0.05) is 141 Å². The van der Waals surface area contributed by atoms with Crippen LogP contribution in [0.3, 0.4) is 0 Å². The maximum Gasteiger partial charge on any atom is 0.469 e. The zero-order chi connectivity index (χ0) is 43.2. The van der Waals surface area contributed by atoms with Crippen LogP contribution in [-0.4, -0.2) is 69.7 Å². The lowest BCUT2D eigenvalue weighted by Crippen LogP contribution is -2.39. The number of unbranched alkanes of at least 4 members (excludes halogenated alkanes) is 22. The molecule has 14 nitrogen and oxygen atoms in total. The smallest absolute Gasteiger partial charge is 0.469 e. The standard InChI is InChI=1S/C42H79NO13P2/c1-3-5-7-9-11-13-15-17-19-21-23-25-27-29-31-33-40(44)53-35-38(36-54-57(48,49)43-39(42(46)47)37-55-58(50,51)52)56-41(45)34-32-30-28-26-24-22-20-18-16-14-12-10-8-6-4-2/h17-20,38-39H,3-16,21-37H2,1-2H3,(H,46,47)(H2,43,48,49)(H2,50,51,52)/b19-17-,20-18-/t38-,39+/m1/s1. The minimum absolute atomic E-state index is 0.0767. The molecule has 0 heterocycles. The molecule has 5 N–H and O–H groups in total. The molecule has 0 aromatic heterocycles. The minimum atomic E-state index is -5.07. The molecule has 0 aliphatic rings. The summed E-state index contributed by atoms with van der Waals surface area (Å²) < 4.78 is 43.5. The second kappa shape index (κ2) is 38.1. The van der Waals surface area contributed by atoms with E-state index in [4.69, 9.17) is 23.8 Å². The third kappa shape index (κ3) is 39.6. The average molecular weight is 868 g/mol. The molecule has 0 bridgehead atoms. The number of allylic oxidation sites excluding steroid dienone is 4. The van der Waals surface area contributed by atoms with Crippen LogP contribution in [-0.2, 0) is 42.0 Å². The lowest BCUT2D eigenvalue weighted by atomic mass is 10.1. The molecule has 0 rings (SSSR count). The zero-order valence-electron chi connectivity index (χ0n) is 35.7. The van der Waals surface area contributed by atoms with Crippen molar-refractivity contribution in [3.63, 3.8) is 0 Å². The Bertz CT molecular complexity index is 1190. The Hall–Kier alpha value is -1.89. The number of hydrogen-bond acceptors (Lipinski definition) is 9. The lowest BCUT2D eigenvalue weighted by molar-refractivity contribution is -0.161. The predicted octanol–water partition coefficient (Wildman–Crippen LogP) is 10.8. The molecule has 0 fully saturated rings. The molecule has 1 unspecified atom stereocenters. The molecule has 0 aromatic carbocycles. The van der Waals surface area contributed by atoms with E-state index >= 15 is 0 Å². The number of phosphoric acid groups is 1. The summed E-state index contributed by atoms with van der Waals surface area (Å²) in [6.45, 7) is 2.12. The first-order valence-electron chi connectivity index (χ1n) is 22.1. The first-order chi connectivity index (χ1) is 27.8. The van der Waals surface area contributed by atoms with Gasteiger partial charge in [0.25, 0.3) is 0 Å². The van der Waals surface area contributed by atoms with E-state index in [9.17, 15) is 33.5 Å². The zero-order valence-corrected chi connectivity index (χ0v) is 37.5. The predicted molar refractivity (Wildman–Crippen MR) is 228 cm³/mol. The molecule has 0 amide bonds. The number of carbonyl (C=O) groups is 3. The van der Waals surface area contributed by atoms with Gasteiger partial charge in [-0.05, 0) is 64.2 Å². The Kier molecular flexibility index (Phi) is 36.8. The number of hydrogen-bond donors (Lipinski definition) is 5. The Morgan fingerprint density at radius 1 is 0.534 bits per heavy atom. The van der Waals surface area contributed by atoms with Crippen LogP contribution in [0.1, 0.15) is 194 Å². The van der Waals surface area contributed by atoms with Crippen molar-refractivity contribution in [2.24, 2.45) is 0 Å². The van der Waals surface area contributed by atoms with Crippen LogP contribution in [0.15, 0.2) is 24.3 Å². The van der Waals surface area contributed by atoms with Gasteiger partial charge in [-0.3, -0.25) is 23.4 Å². The molecule has 0 aromatic rings. The number of nitrogens with one attached hydrogen (secondary N) is 1. The third-order valence-electron chi connectivity index (χ3n) is 9.48. The maximum absolute atomic E-state index is 12.7. The van der Waals surface area contributed by atoms with Crippen molar-refractivity contribution in [1.29, 1.82) is 0 Å². The second-order valence-electron chi connectivity index (χ2n) is 15.1. The van der Waals surface area contributed by atoms with Crippen LogP contribution in [0.25, 0.3) is 0 Å². The molecule has 340 valence electrons. The average Bonchev–Trinajstić information content (AvgIpc) is 3.17. The van der Waals surface area contributed by atoms with E-state index in [0.29, 0.717) is 12.8 Å². The van der Waals surface area contributed by atoms with Gasteiger partial charge in [0.1, 0.15) is 12.6 Å². The molecule has 0 radical (unpaired) electrons. The molecule has 3 atom stereocenters. The Morgan fingerprint density at radius 2 is 0.931 bits per heavy atom. The van der Waals surface area contributed by atoms with Crippen molar-refractivity contribution in [3.05, 3.63) is 24.3 Å². The number of esters is 2. The monoisotopic (exact) mass is 868 g/mol. The van der Waals surface area contributed by atoms with Gasteiger partial charge in [0, 0.05) is 12.8 Å². The van der Waals surface area contributed by atoms with Crippen LogP contribution >= 0.6 is 15.6 Å². The van der Waals surface area contributed by atoms with E-state index < -0.39 is 65.4 Å². The molecule has 16 heteroatoms. The Balaban J connectivity index is 4.68. The minimum Gasteiger partial charge on any atom is -0.480 e. The van der Waals surface area contributed by atoms with Gasteiger partial charge < -0.3 is 29.3 Å². The lowest BCUT2D eigenvalue weighted by Gasteiger charge is -2.22. The second-order valence-corrected chi connectivity index (χ2v) is 17.9. The van der Waals surface area contributed by atoms with Gasteiger partial charge in [0.05, 0.1) is 13.2 Å². The number of aliphatic carboxylic acids is 1. The van der Waals surface area contributed by atoms with Gasteiger partial charge >= 0.3 is 33.5 Å². The fourth-order valence-electron chi connectivity index (χ4n) is 6.05. The number of carbonyl (C=O) groups excluding carboxylic acids is 2. The van der Waals surface area contributed by atoms with Crippen LogP contribution in [0.2, 0.25) is 0 Å². The van der Waals surface area contributed by atoms with Crippen molar-refractivity contribution in [3.8, 4) is 0 Å². The summed E-state index contributed by atoms with van der Waals surface area (Å²) in [5.74, 6) is -2.88. The summed E-state index contributed by atoms with van der Waals surface area (Å²) in [7, 11) is -10.0. The van der Waals surface area contributed by atoms with Crippen molar-refractivity contribution in [2.75, 3.05) is 19.8 Å². The van der Waals surface area contributed by atoms with Crippen LogP contribution in [0.5, 0.6) is 0 Å². The van der Waals surface area contributed by atoms with Gasteiger partial charge in [-0.2, -0.15) is 0 Å². The summed E-state index contributed by atoms with van der Waals surface area (Å²) >= 11 is 0. The third-order valence-corrected chi connectivity index (χ3v) is 11.1. The summed E-state index contributed by atoms with van der Waals surface area (Å²) in [5, 5.41) is 11.1. The highest BCUT2D eigenvalue weighted by Gasteiger charge is 2.32. The SMILES string of the molecule is CCCCCCCC/C=C\CCCCCCCC(=O)OC[C@H](COP(=O)(O)N[C@@H](COP(=O)(O)O)C(=O)O)OC(=O)CCCCCCC/C=C\CCCCCCCC. The van der Waals surface area contributed by atoms with E-state index in [1.165, 1.54) is 77.0 Å². The van der Waals surface area contributed by atoms with Gasteiger partial charge in [0.15, 0.2) is 6.10 Å². The highest BCUT2D eigenvalue weighted by Crippen LogP contribution is 2.40. The number of rotatable bonds is 42. The molecule has 0 saturated heterocycles. The number of phosphoric ester groups is 1. The molecule has 58 heavy (non-hydrogen) atoms. The molecule has 0 aliphatic heterocycles. The van der Waals surface area contributed by atoms with Crippen LogP contribution in [0.4, 0.5) is 0 Å². The number of carboxylic acid groups (broad SMARTS) is 1. The fraction of sp³-hybridized carbons (Fsp3) is 0.833. The van der Waals surface area contributed by atoms with Crippen molar-refractivity contribution in [2.45, 2.75) is 206 Å². The maximum atomic E-state index is 12.7. The van der Waals surface area contributed by atoms with Crippen molar-refractivity contribution < 1.29 is 61.8 Å². The highest BCUT2D eigenvalue weighted by atomic mass is 31.2. The van der Waals surface area contributed by atoms with Crippen molar-refractivity contribution in [1.82, 2.24) is 5.09 Å². The van der Waals surface area contributed by atoms with E-state index in [-0.39, 0.29) is 12.8 Å². The van der Waals surface area contributed by atoms with Gasteiger partial charge in [0.2, 0.25) is 0 Å². The molecule has 0 aliphatic carbocycles. The summed E-state index contributed by atoms with van der Waals surface area (Å²) in [6.07, 6.45) is 36.9. The molecular formula is C42H79NO13P2. The number of ether oxygens (including phenoxy) is 2.